The number of methoxy groups -OCH3 is 1. The molecule has 0 aliphatic carbocycles. The number of hydrogen-bond donors (Lipinski definition) is 0. The molecule has 1 aromatic carbocycles. The van der Waals surface area contributed by atoms with E-state index >= 15 is 0 Å². The van der Waals surface area contributed by atoms with Crippen molar-refractivity contribution < 1.29 is 18.8 Å². The molecule has 0 aromatic heterocycles. The van der Waals surface area contributed by atoms with Gasteiger partial charge in [-0.25, -0.2) is 9.18 Å². The largest absolute Gasteiger partial charge is 0.465 e. The molecule has 6 heteroatoms. The minimum absolute atomic E-state index is 0.113. The molecule has 0 radical (unpaired) electrons. The van der Waals surface area contributed by atoms with Crippen molar-refractivity contribution in [2.75, 3.05) is 7.11 Å². The Labute approximate surface area is 90.3 Å². The molecular formula is C10H8FNO4. The number of rotatable bonds is 3. The zero-order valence-electron chi connectivity index (χ0n) is 8.40. The van der Waals surface area contributed by atoms with E-state index in [0.29, 0.717) is 0 Å². The van der Waals surface area contributed by atoms with Gasteiger partial charge in [0.2, 0.25) is 0 Å². The van der Waals surface area contributed by atoms with Gasteiger partial charge in [-0.3, -0.25) is 10.1 Å². The second-order valence-corrected chi connectivity index (χ2v) is 2.89. The molecular weight excluding hydrogens is 217 g/mol. The van der Waals surface area contributed by atoms with Gasteiger partial charge in [-0.2, -0.15) is 0 Å². The standard InChI is InChI=1S/C10H8FNO4/c1-6(10(13)16-2)8-4-3-7(12(14)15)5-9(8)11/h3-5H,1H2,2H3. The van der Waals surface area contributed by atoms with E-state index in [0.717, 1.165) is 25.3 Å². The van der Waals surface area contributed by atoms with E-state index in [-0.39, 0.29) is 16.8 Å². The highest BCUT2D eigenvalue weighted by atomic mass is 19.1. The molecule has 5 nitrogen and oxygen atoms in total. The van der Waals surface area contributed by atoms with Gasteiger partial charge in [0.25, 0.3) is 5.69 Å². The second kappa shape index (κ2) is 4.52. The number of nitrogens with zero attached hydrogens (tertiary/aromatic N) is 1. The van der Waals surface area contributed by atoms with E-state index < -0.39 is 16.7 Å². The fraction of sp³-hybridized carbons (Fsp3) is 0.100. The van der Waals surface area contributed by atoms with Gasteiger partial charge >= 0.3 is 5.97 Å². The minimum atomic E-state index is -0.885. The van der Waals surface area contributed by atoms with Gasteiger partial charge in [0.05, 0.1) is 23.7 Å². The first-order valence-electron chi connectivity index (χ1n) is 4.19. The van der Waals surface area contributed by atoms with Gasteiger partial charge < -0.3 is 4.74 Å². The maximum absolute atomic E-state index is 13.4. The summed E-state index contributed by atoms with van der Waals surface area (Å²) < 4.78 is 17.7. The van der Waals surface area contributed by atoms with Crippen LogP contribution in [0.25, 0.3) is 5.57 Å². The van der Waals surface area contributed by atoms with E-state index in [4.69, 9.17) is 0 Å². The summed E-state index contributed by atoms with van der Waals surface area (Å²) in [4.78, 5) is 20.7. The Bertz CT molecular complexity index is 470. The Balaban J connectivity index is 3.13. The van der Waals surface area contributed by atoms with Crippen molar-refractivity contribution in [1.29, 1.82) is 0 Å². The Morgan fingerprint density at radius 1 is 1.56 bits per heavy atom. The van der Waals surface area contributed by atoms with Crippen molar-refractivity contribution in [3.05, 3.63) is 46.3 Å². The first kappa shape index (κ1) is 11.8. The highest BCUT2D eigenvalue weighted by Gasteiger charge is 2.17. The molecule has 84 valence electrons. The predicted octanol–water partition coefficient (Wildman–Crippen LogP) is 1.92. The average molecular weight is 225 g/mol. The number of non-ortho nitro benzene ring substituents is 1. The maximum Gasteiger partial charge on any atom is 0.337 e. The summed E-state index contributed by atoms with van der Waals surface area (Å²) in [5.74, 6) is -1.67. The lowest BCUT2D eigenvalue weighted by Crippen LogP contribution is -2.04. The van der Waals surface area contributed by atoms with Crippen LogP contribution in [0.1, 0.15) is 5.56 Å². The summed E-state index contributed by atoms with van der Waals surface area (Å²) in [6.07, 6.45) is 0. The molecule has 0 unspecified atom stereocenters. The number of ether oxygens (including phenoxy) is 1. The van der Waals surface area contributed by atoms with Crippen LogP contribution < -0.4 is 0 Å². The monoisotopic (exact) mass is 225 g/mol. The molecule has 1 aromatic rings. The lowest BCUT2D eigenvalue weighted by Gasteiger charge is -2.04. The van der Waals surface area contributed by atoms with Crippen molar-refractivity contribution in [3.63, 3.8) is 0 Å². The van der Waals surface area contributed by atoms with Crippen LogP contribution in [0, 0.1) is 15.9 Å². The Hall–Kier alpha value is -2.24. The van der Waals surface area contributed by atoms with E-state index in [9.17, 15) is 19.3 Å². The van der Waals surface area contributed by atoms with Crippen LogP contribution in [0.15, 0.2) is 24.8 Å². The van der Waals surface area contributed by atoms with Crippen molar-refractivity contribution in [1.82, 2.24) is 0 Å². The fourth-order valence-corrected chi connectivity index (χ4v) is 1.10. The van der Waals surface area contributed by atoms with Crippen LogP contribution in [-0.4, -0.2) is 18.0 Å². The summed E-state index contributed by atoms with van der Waals surface area (Å²) in [6.45, 7) is 3.35. The van der Waals surface area contributed by atoms with Crippen molar-refractivity contribution in [3.8, 4) is 0 Å². The lowest BCUT2D eigenvalue weighted by atomic mass is 10.1. The van der Waals surface area contributed by atoms with E-state index in [2.05, 4.69) is 11.3 Å². The van der Waals surface area contributed by atoms with E-state index in [1.807, 2.05) is 0 Å². The molecule has 0 saturated carbocycles. The number of carbonyl (C=O) groups is 1. The SMILES string of the molecule is C=C(C(=O)OC)c1ccc([N+](=O)[O-])cc1F. The Kier molecular flexibility index (Phi) is 3.34. The summed E-state index contributed by atoms with van der Waals surface area (Å²) in [5, 5.41) is 10.3. The molecule has 0 aliphatic heterocycles. The number of carbonyl (C=O) groups excluding carboxylic acids is 1. The molecule has 0 atom stereocenters. The van der Waals surface area contributed by atoms with Crippen LogP contribution in [0.2, 0.25) is 0 Å². The van der Waals surface area contributed by atoms with Gasteiger partial charge in [-0.1, -0.05) is 6.58 Å². The first-order valence-corrected chi connectivity index (χ1v) is 4.19. The summed E-state index contributed by atoms with van der Waals surface area (Å²) in [5.41, 5.74) is -0.689. The minimum Gasteiger partial charge on any atom is -0.465 e. The molecule has 0 heterocycles. The zero-order chi connectivity index (χ0) is 12.3. The predicted molar refractivity (Wildman–Crippen MR) is 54.1 cm³/mol. The van der Waals surface area contributed by atoms with Crippen LogP contribution in [0.5, 0.6) is 0 Å². The third-order valence-electron chi connectivity index (χ3n) is 1.92. The van der Waals surface area contributed by atoms with Crippen LogP contribution in [0.3, 0.4) is 0 Å². The smallest absolute Gasteiger partial charge is 0.337 e. The molecule has 0 saturated heterocycles. The molecule has 0 aliphatic rings. The van der Waals surface area contributed by atoms with Gasteiger partial charge in [-0.05, 0) is 6.07 Å². The quantitative estimate of drug-likeness (QED) is 0.341. The van der Waals surface area contributed by atoms with Crippen LogP contribution >= 0.6 is 0 Å². The molecule has 0 amide bonds. The zero-order valence-corrected chi connectivity index (χ0v) is 8.40. The molecule has 1 rings (SSSR count). The van der Waals surface area contributed by atoms with Gasteiger partial charge in [0, 0.05) is 11.6 Å². The molecule has 0 fully saturated rings. The molecule has 0 spiro atoms. The van der Waals surface area contributed by atoms with Crippen molar-refractivity contribution in [2.45, 2.75) is 0 Å². The third kappa shape index (κ3) is 2.22. The topological polar surface area (TPSA) is 69.4 Å². The number of nitro groups is 1. The number of halogens is 1. The number of benzene rings is 1. The normalized spacial score (nSPS) is 9.62. The molecule has 16 heavy (non-hydrogen) atoms. The lowest BCUT2D eigenvalue weighted by molar-refractivity contribution is -0.385. The van der Waals surface area contributed by atoms with Crippen molar-refractivity contribution in [2.24, 2.45) is 0 Å². The summed E-state index contributed by atoms with van der Waals surface area (Å²) >= 11 is 0. The Morgan fingerprint density at radius 3 is 2.62 bits per heavy atom. The van der Waals surface area contributed by atoms with Crippen molar-refractivity contribution >= 4 is 17.2 Å². The van der Waals surface area contributed by atoms with E-state index in [1.165, 1.54) is 0 Å². The van der Waals surface area contributed by atoms with E-state index in [1.54, 1.807) is 0 Å². The third-order valence-corrected chi connectivity index (χ3v) is 1.92. The number of hydrogen-bond acceptors (Lipinski definition) is 4. The van der Waals surface area contributed by atoms with Gasteiger partial charge in [0.15, 0.2) is 0 Å². The van der Waals surface area contributed by atoms with Gasteiger partial charge in [0.1, 0.15) is 5.82 Å². The van der Waals surface area contributed by atoms with Crippen LogP contribution in [-0.2, 0) is 9.53 Å². The summed E-state index contributed by atoms with van der Waals surface area (Å²) in [7, 11) is 1.14. The van der Waals surface area contributed by atoms with Gasteiger partial charge in [-0.15, -0.1) is 0 Å². The highest BCUT2D eigenvalue weighted by Crippen LogP contribution is 2.22. The Morgan fingerprint density at radius 2 is 2.19 bits per heavy atom. The molecule has 0 bridgehead atoms. The summed E-state index contributed by atoms with van der Waals surface area (Å²) in [6, 6.07) is 2.93. The maximum atomic E-state index is 13.4. The highest BCUT2D eigenvalue weighted by molar-refractivity contribution is 6.15. The van der Waals surface area contributed by atoms with Crippen LogP contribution in [0.4, 0.5) is 10.1 Å². The average Bonchev–Trinajstić information content (AvgIpc) is 2.26. The second-order valence-electron chi connectivity index (χ2n) is 2.89. The number of esters is 1. The fourth-order valence-electron chi connectivity index (χ4n) is 1.10. The number of nitro benzene ring substituents is 1. The first-order chi connectivity index (χ1) is 7.47. The molecule has 0 N–H and O–H groups in total.